The lowest BCUT2D eigenvalue weighted by molar-refractivity contribution is -0.145. The van der Waals surface area contributed by atoms with Crippen molar-refractivity contribution in [2.24, 2.45) is 11.5 Å². The van der Waals surface area contributed by atoms with Crippen molar-refractivity contribution in [1.82, 2.24) is 0 Å². The van der Waals surface area contributed by atoms with Gasteiger partial charge in [-0.3, -0.25) is 5.73 Å². The number of hydrogen-bond acceptors (Lipinski definition) is 4. The number of rotatable bonds is 3. The van der Waals surface area contributed by atoms with Crippen LogP contribution in [0.15, 0.2) is 30.3 Å². The first-order valence-corrected chi connectivity index (χ1v) is 3.93. The molecule has 1 atom stereocenters. The zero-order valence-electron chi connectivity index (χ0n) is 7.14. The predicted molar refractivity (Wildman–Crippen MR) is 48.5 cm³/mol. The quantitative estimate of drug-likeness (QED) is 0.512. The van der Waals surface area contributed by atoms with Gasteiger partial charge in [0, 0.05) is 0 Å². The van der Waals surface area contributed by atoms with E-state index in [9.17, 15) is 4.79 Å². The topological polar surface area (TPSA) is 78.3 Å². The summed E-state index contributed by atoms with van der Waals surface area (Å²) in [6.45, 7) is -0.140. The first kappa shape index (κ1) is 9.70. The van der Waals surface area contributed by atoms with Gasteiger partial charge in [-0.05, 0) is 5.56 Å². The first-order chi connectivity index (χ1) is 6.25. The minimum Gasteiger partial charge on any atom is -0.449 e. The molecule has 1 rings (SSSR count). The normalized spacial score (nSPS) is 12.2. The Kier molecular flexibility index (Phi) is 3.42. The summed E-state index contributed by atoms with van der Waals surface area (Å²) < 4.78 is 4.57. The second kappa shape index (κ2) is 4.59. The lowest BCUT2D eigenvalue weighted by atomic mass is 10.1. The molecule has 0 heterocycles. The van der Waals surface area contributed by atoms with Crippen molar-refractivity contribution in [2.75, 3.05) is 6.73 Å². The summed E-state index contributed by atoms with van der Waals surface area (Å²) in [6.07, 6.45) is 0. The largest absolute Gasteiger partial charge is 0.449 e. The van der Waals surface area contributed by atoms with Crippen LogP contribution in [0.3, 0.4) is 0 Å². The average Bonchev–Trinajstić information content (AvgIpc) is 2.18. The SMILES string of the molecule is NCOC(=O)C(N)c1ccccc1. The maximum Gasteiger partial charge on any atom is 0.328 e. The summed E-state index contributed by atoms with van der Waals surface area (Å²) in [5.41, 5.74) is 11.4. The van der Waals surface area contributed by atoms with Crippen molar-refractivity contribution in [1.29, 1.82) is 0 Å². The van der Waals surface area contributed by atoms with Gasteiger partial charge < -0.3 is 10.5 Å². The van der Waals surface area contributed by atoms with Crippen LogP contribution in [0.25, 0.3) is 0 Å². The van der Waals surface area contributed by atoms with E-state index in [0.29, 0.717) is 0 Å². The third-order valence-corrected chi connectivity index (χ3v) is 1.64. The summed E-state index contributed by atoms with van der Waals surface area (Å²) in [7, 11) is 0. The molecule has 1 unspecified atom stereocenters. The predicted octanol–water partition coefficient (Wildman–Crippen LogP) is 0.146. The molecule has 0 aliphatic rings. The van der Waals surface area contributed by atoms with Crippen molar-refractivity contribution in [3.8, 4) is 0 Å². The van der Waals surface area contributed by atoms with Gasteiger partial charge in [-0.25, -0.2) is 4.79 Å². The lowest BCUT2D eigenvalue weighted by Gasteiger charge is -2.09. The van der Waals surface area contributed by atoms with Gasteiger partial charge in [0.1, 0.15) is 12.8 Å². The minimum atomic E-state index is -0.746. The van der Waals surface area contributed by atoms with Gasteiger partial charge in [0.2, 0.25) is 0 Å². The van der Waals surface area contributed by atoms with Crippen LogP contribution in [-0.2, 0) is 9.53 Å². The maximum absolute atomic E-state index is 11.1. The summed E-state index contributed by atoms with van der Waals surface area (Å²) in [6, 6.07) is 8.26. The molecule has 4 heteroatoms. The molecule has 0 spiro atoms. The van der Waals surface area contributed by atoms with Crippen molar-refractivity contribution < 1.29 is 9.53 Å². The number of carbonyl (C=O) groups excluding carboxylic acids is 1. The number of benzene rings is 1. The first-order valence-electron chi connectivity index (χ1n) is 3.93. The second-order valence-corrected chi connectivity index (χ2v) is 2.52. The highest BCUT2D eigenvalue weighted by Crippen LogP contribution is 2.10. The van der Waals surface area contributed by atoms with Crippen LogP contribution in [0.5, 0.6) is 0 Å². The molecule has 0 aliphatic heterocycles. The van der Waals surface area contributed by atoms with Crippen LogP contribution < -0.4 is 11.5 Å². The van der Waals surface area contributed by atoms with Crippen LogP contribution in [0, 0.1) is 0 Å². The molecule has 1 aromatic carbocycles. The molecule has 0 aliphatic carbocycles. The molecule has 1 aromatic rings. The van der Waals surface area contributed by atoms with E-state index in [1.807, 2.05) is 18.2 Å². The van der Waals surface area contributed by atoms with E-state index < -0.39 is 12.0 Å². The summed E-state index contributed by atoms with van der Waals surface area (Å²) in [4.78, 5) is 11.1. The Bertz CT molecular complexity index is 274. The van der Waals surface area contributed by atoms with Gasteiger partial charge in [0.05, 0.1) is 0 Å². The highest BCUT2D eigenvalue weighted by molar-refractivity contribution is 5.77. The van der Waals surface area contributed by atoms with Crippen molar-refractivity contribution in [3.63, 3.8) is 0 Å². The number of esters is 1. The Hall–Kier alpha value is -1.39. The number of carbonyl (C=O) groups is 1. The fraction of sp³-hybridized carbons (Fsp3) is 0.222. The Labute approximate surface area is 76.5 Å². The van der Waals surface area contributed by atoms with Crippen molar-refractivity contribution in [3.05, 3.63) is 35.9 Å². The molecule has 0 aromatic heterocycles. The number of ether oxygens (including phenoxy) is 1. The molecule has 0 saturated heterocycles. The molecule has 4 nitrogen and oxygen atoms in total. The van der Waals surface area contributed by atoms with Gasteiger partial charge in [-0.1, -0.05) is 30.3 Å². The molecule has 70 valence electrons. The molecule has 0 fully saturated rings. The fourth-order valence-corrected chi connectivity index (χ4v) is 0.968. The lowest BCUT2D eigenvalue weighted by Crippen LogP contribution is -2.25. The van der Waals surface area contributed by atoms with Crippen molar-refractivity contribution in [2.45, 2.75) is 6.04 Å². The zero-order chi connectivity index (χ0) is 9.68. The second-order valence-electron chi connectivity index (χ2n) is 2.52. The van der Waals surface area contributed by atoms with E-state index in [2.05, 4.69) is 4.74 Å². The molecular weight excluding hydrogens is 168 g/mol. The molecular formula is C9H12N2O2. The number of hydrogen-bond donors (Lipinski definition) is 2. The van der Waals surface area contributed by atoms with Gasteiger partial charge in [0.25, 0.3) is 0 Å². The Morgan fingerprint density at radius 3 is 2.54 bits per heavy atom. The standard InChI is InChI=1S/C9H12N2O2/c10-6-13-9(12)8(11)7-4-2-1-3-5-7/h1-5,8H,6,10-11H2. The van der Waals surface area contributed by atoms with E-state index in [4.69, 9.17) is 11.5 Å². The van der Waals surface area contributed by atoms with E-state index in [1.165, 1.54) is 0 Å². The van der Waals surface area contributed by atoms with Crippen LogP contribution >= 0.6 is 0 Å². The van der Waals surface area contributed by atoms with Crippen LogP contribution in [0.1, 0.15) is 11.6 Å². The summed E-state index contributed by atoms with van der Waals surface area (Å²) >= 11 is 0. The van der Waals surface area contributed by atoms with Gasteiger partial charge >= 0.3 is 5.97 Å². The average molecular weight is 180 g/mol. The van der Waals surface area contributed by atoms with Gasteiger partial charge in [0.15, 0.2) is 0 Å². The maximum atomic E-state index is 11.1. The Morgan fingerprint density at radius 1 is 1.38 bits per heavy atom. The third kappa shape index (κ3) is 2.54. The smallest absolute Gasteiger partial charge is 0.328 e. The summed E-state index contributed by atoms with van der Waals surface area (Å²) in [5, 5.41) is 0. The van der Waals surface area contributed by atoms with Crippen LogP contribution in [-0.4, -0.2) is 12.7 Å². The highest BCUT2D eigenvalue weighted by atomic mass is 16.5. The zero-order valence-corrected chi connectivity index (χ0v) is 7.14. The summed E-state index contributed by atoms with van der Waals surface area (Å²) in [5.74, 6) is -0.506. The Morgan fingerprint density at radius 2 is 2.00 bits per heavy atom. The van der Waals surface area contributed by atoms with Gasteiger partial charge in [-0.2, -0.15) is 0 Å². The molecule has 0 amide bonds. The Balaban J connectivity index is 2.68. The molecule has 0 radical (unpaired) electrons. The third-order valence-electron chi connectivity index (χ3n) is 1.64. The van der Waals surface area contributed by atoms with Crippen LogP contribution in [0.4, 0.5) is 0 Å². The molecule has 13 heavy (non-hydrogen) atoms. The van der Waals surface area contributed by atoms with E-state index in [1.54, 1.807) is 12.1 Å². The van der Waals surface area contributed by atoms with E-state index in [-0.39, 0.29) is 6.73 Å². The molecule has 4 N–H and O–H groups in total. The van der Waals surface area contributed by atoms with E-state index in [0.717, 1.165) is 5.56 Å². The minimum absolute atomic E-state index is 0.140. The monoisotopic (exact) mass is 180 g/mol. The highest BCUT2D eigenvalue weighted by Gasteiger charge is 2.15. The van der Waals surface area contributed by atoms with Crippen LogP contribution in [0.2, 0.25) is 0 Å². The number of nitrogens with two attached hydrogens (primary N) is 2. The molecule has 0 saturated carbocycles. The van der Waals surface area contributed by atoms with Gasteiger partial charge in [-0.15, -0.1) is 0 Å². The molecule has 0 bridgehead atoms. The van der Waals surface area contributed by atoms with Crippen molar-refractivity contribution >= 4 is 5.97 Å². The van der Waals surface area contributed by atoms with E-state index >= 15 is 0 Å². The fourth-order valence-electron chi connectivity index (χ4n) is 0.968.